The SMILES string of the molecule is OC(Cc1c(F)ccc(Br)c1F)CC1CCCO1. The van der Waals surface area contributed by atoms with Crippen molar-refractivity contribution in [1.82, 2.24) is 0 Å². The Labute approximate surface area is 113 Å². The molecule has 0 radical (unpaired) electrons. The van der Waals surface area contributed by atoms with E-state index in [9.17, 15) is 13.9 Å². The van der Waals surface area contributed by atoms with E-state index in [0.717, 1.165) is 12.8 Å². The summed E-state index contributed by atoms with van der Waals surface area (Å²) in [5.74, 6) is -1.26. The molecule has 2 rings (SSSR count). The normalized spacial score (nSPS) is 21.2. The summed E-state index contributed by atoms with van der Waals surface area (Å²) in [6.45, 7) is 0.705. The molecule has 0 bridgehead atoms. The van der Waals surface area contributed by atoms with E-state index in [1.165, 1.54) is 12.1 Å². The van der Waals surface area contributed by atoms with Gasteiger partial charge in [-0.3, -0.25) is 0 Å². The summed E-state index contributed by atoms with van der Waals surface area (Å²) in [5.41, 5.74) is -0.0742. The maximum atomic E-state index is 13.7. The number of hydrogen-bond donors (Lipinski definition) is 1. The van der Waals surface area contributed by atoms with Crippen LogP contribution in [0.3, 0.4) is 0 Å². The maximum Gasteiger partial charge on any atom is 0.143 e. The number of aliphatic hydroxyl groups excluding tert-OH is 1. The molecule has 1 N–H and O–H groups in total. The maximum absolute atomic E-state index is 13.7. The van der Waals surface area contributed by atoms with Crippen LogP contribution in [-0.2, 0) is 11.2 Å². The van der Waals surface area contributed by atoms with E-state index in [4.69, 9.17) is 4.74 Å². The van der Waals surface area contributed by atoms with E-state index >= 15 is 0 Å². The molecule has 2 unspecified atom stereocenters. The van der Waals surface area contributed by atoms with Gasteiger partial charge in [0.05, 0.1) is 16.7 Å². The minimum atomic E-state index is -0.786. The van der Waals surface area contributed by atoms with Crippen molar-refractivity contribution in [2.75, 3.05) is 6.61 Å². The van der Waals surface area contributed by atoms with Crippen LogP contribution in [0.15, 0.2) is 16.6 Å². The van der Waals surface area contributed by atoms with Gasteiger partial charge in [0.25, 0.3) is 0 Å². The van der Waals surface area contributed by atoms with E-state index in [2.05, 4.69) is 15.9 Å². The van der Waals surface area contributed by atoms with Crippen molar-refractivity contribution in [3.63, 3.8) is 0 Å². The molecule has 5 heteroatoms. The highest BCUT2D eigenvalue weighted by Crippen LogP contribution is 2.24. The Hall–Kier alpha value is -0.520. The van der Waals surface area contributed by atoms with E-state index in [-0.39, 0.29) is 22.6 Å². The van der Waals surface area contributed by atoms with Gasteiger partial charge >= 0.3 is 0 Å². The van der Waals surface area contributed by atoms with Crippen molar-refractivity contribution in [2.45, 2.75) is 37.9 Å². The first-order chi connectivity index (χ1) is 8.58. The van der Waals surface area contributed by atoms with Crippen LogP contribution in [0.1, 0.15) is 24.8 Å². The van der Waals surface area contributed by atoms with Crippen molar-refractivity contribution >= 4 is 15.9 Å². The lowest BCUT2D eigenvalue weighted by molar-refractivity contribution is 0.0534. The topological polar surface area (TPSA) is 29.5 Å². The molecular weight excluding hydrogens is 306 g/mol. The third-order valence-electron chi connectivity index (χ3n) is 3.14. The summed E-state index contributed by atoms with van der Waals surface area (Å²) >= 11 is 3.01. The van der Waals surface area contributed by atoms with Crippen LogP contribution in [-0.4, -0.2) is 23.9 Å². The van der Waals surface area contributed by atoms with Gasteiger partial charge in [0.1, 0.15) is 11.6 Å². The Morgan fingerprint density at radius 3 is 2.89 bits per heavy atom. The van der Waals surface area contributed by atoms with E-state index in [1.807, 2.05) is 0 Å². The fraction of sp³-hybridized carbons (Fsp3) is 0.538. The van der Waals surface area contributed by atoms with Gasteiger partial charge in [-0.1, -0.05) is 0 Å². The second kappa shape index (κ2) is 6.08. The number of benzene rings is 1. The van der Waals surface area contributed by atoms with Gasteiger partial charge in [-0.15, -0.1) is 0 Å². The number of hydrogen-bond acceptors (Lipinski definition) is 2. The third kappa shape index (κ3) is 3.28. The zero-order valence-electron chi connectivity index (χ0n) is 9.83. The molecule has 1 aromatic rings. The Morgan fingerprint density at radius 1 is 1.44 bits per heavy atom. The van der Waals surface area contributed by atoms with Gasteiger partial charge in [-0.2, -0.15) is 0 Å². The van der Waals surface area contributed by atoms with Gasteiger partial charge < -0.3 is 9.84 Å². The number of rotatable bonds is 4. The lowest BCUT2D eigenvalue weighted by Gasteiger charge is -2.16. The van der Waals surface area contributed by atoms with Gasteiger partial charge in [0.15, 0.2) is 0 Å². The fourth-order valence-corrected chi connectivity index (χ4v) is 2.58. The molecule has 1 aliphatic heterocycles. The molecule has 1 saturated heterocycles. The van der Waals surface area contributed by atoms with Crippen LogP contribution < -0.4 is 0 Å². The lowest BCUT2D eigenvalue weighted by atomic mass is 10.0. The van der Waals surface area contributed by atoms with E-state index in [0.29, 0.717) is 13.0 Å². The standard InChI is InChI=1S/C13H15BrF2O2/c14-11-3-4-12(15)10(13(11)16)7-8(17)6-9-2-1-5-18-9/h3-4,8-9,17H,1-2,5-7H2. The summed E-state index contributed by atoms with van der Waals surface area (Å²) in [6, 6.07) is 2.52. The molecule has 0 aliphatic carbocycles. The molecule has 1 aromatic carbocycles. The largest absolute Gasteiger partial charge is 0.393 e. The van der Waals surface area contributed by atoms with E-state index in [1.54, 1.807) is 0 Å². The van der Waals surface area contributed by atoms with Crippen molar-refractivity contribution < 1.29 is 18.6 Å². The zero-order chi connectivity index (χ0) is 13.1. The molecule has 2 atom stereocenters. The van der Waals surface area contributed by atoms with Crippen LogP contribution in [0, 0.1) is 11.6 Å². The van der Waals surface area contributed by atoms with Gasteiger partial charge in [-0.05, 0) is 47.3 Å². The molecule has 100 valence electrons. The van der Waals surface area contributed by atoms with Crippen molar-refractivity contribution in [2.24, 2.45) is 0 Å². The van der Waals surface area contributed by atoms with Gasteiger partial charge in [-0.25, -0.2) is 8.78 Å². The van der Waals surface area contributed by atoms with Crippen LogP contribution in [0.5, 0.6) is 0 Å². The van der Waals surface area contributed by atoms with Crippen LogP contribution in [0.2, 0.25) is 0 Å². The fourth-order valence-electron chi connectivity index (χ4n) is 2.21. The van der Waals surface area contributed by atoms with Crippen molar-refractivity contribution in [1.29, 1.82) is 0 Å². The second-order valence-electron chi connectivity index (χ2n) is 4.55. The quantitative estimate of drug-likeness (QED) is 0.863. The molecule has 0 spiro atoms. The van der Waals surface area contributed by atoms with Gasteiger partial charge in [0, 0.05) is 18.6 Å². The Morgan fingerprint density at radius 2 is 2.22 bits per heavy atom. The highest BCUT2D eigenvalue weighted by atomic mass is 79.9. The summed E-state index contributed by atoms with van der Waals surface area (Å²) in [5, 5.41) is 9.87. The summed E-state index contributed by atoms with van der Waals surface area (Å²) in [6.07, 6.45) is 1.50. The highest BCUT2D eigenvalue weighted by Gasteiger charge is 2.22. The third-order valence-corrected chi connectivity index (χ3v) is 3.75. The van der Waals surface area contributed by atoms with Crippen LogP contribution >= 0.6 is 15.9 Å². The Kier molecular flexibility index (Phi) is 4.70. The summed E-state index contributed by atoms with van der Waals surface area (Å²) in [7, 11) is 0. The molecule has 2 nitrogen and oxygen atoms in total. The number of halogens is 3. The second-order valence-corrected chi connectivity index (χ2v) is 5.40. The smallest absolute Gasteiger partial charge is 0.143 e. The predicted octanol–water partition coefficient (Wildman–Crippen LogP) is 3.20. The van der Waals surface area contributed by atoms with Crippen LogP contribution in [0.25, 0.3) is 0 Å². The Balaban J connectivity index is 2.01. The highest BCUT2D eigenvalue weighted by molar-refractivity contribution is 9.10. The molecular formula is C13H15BrF2O2. The molecule has 1 heterocycles. The average molecular weight is 321 g/mol. The lowest BCUT2D eigenvalue weighted by Crippen LogP contribution is -2.20. The van der Waals surface area contributed by atoms with Crippen molar-refractivity contribution in [3.8, 4) is 0 Å². The number of aliphatic hydroxyl groups is 1. The average Bonchev–Trinajstić information content (AvgIpc) is 2.82. The van der Waals surface area contributed by atoms with Gasteiger partial charge in [0.2, 0.25) is 0 Å². The first kappa shape index (κ1) is 13.9. The minimum absolute atomic E-state index is 0.0123. The van der Waals surface area contributed by atoms with Crippen LogP contribution in [0.4, 0.5) is 8.78 Å². The zero-order valence-corrected chi connectivity index (χ0v) is 11.4. The molecule has 0 saturated carbocycles. The molecule has 1 aliphatic rings. The molecule has 18 heavy (non-hydrogen) atoms. The summed E-state index contributed by atoms with van der Waals surface area (Å²) in [4.78, 5) is 0. The molecule has 1 fully saturated rings. The first-order valence-corrected chi connectivity index (χ1v) is 6.79. The molecule has 0 amide bonds. The van der Waals surface area contributed by atoms with E-state index < -0.39 is 17.7 Å². The minimum Gasteiger partial charge on any atom is -0.393 e. The monoisotopic (exact) mass is 320 g/mol. The Bertz CT molecular complexity index is 420. The number of ether oxygens (including phenoxy) is 1. The van der Waals surface area contributed by atoms with Crippen molar-refractivity contribution in [3.05, 3.63) is 33.8 Å². The summed E-state index contributed by atoms with van der Waals surface area (Å²) < 4.78 is 32.8. The predicted molar refractivity (Wildman–Crippen MR) is 67.4 cm³/mol. The first-order valence-electron chi connectivity index (χ1n) is 6.00. The molecule has 0 aromatic heterocycles.